The number of hydrogen-bond acceptors (Lipinski definition) is 8. The van der Waals surface area contributed by atoms with Crippen LogP contribution in [0.25, 0.3) is 0 Å². The van der Waals surface area contributed by atoms with Gasteiger partial charge >= 0.3 is 0 Å². The second-order valence-electron chi connectivity index (χ2n) is 12.8. The van der Waals surface area contributed by atoms with E-state index >= 15 is 0 Å². The first-order valence-electron chi connectivity index (χ1n) is 13.8. The number of benzene rings is 2. The number of nitrogens with two attached hydrogens (primary N) is 2. The molecular weight excluding hydrogens is 524 g/mol. The first-order chi connectivity index (χ1) is 19.1. The van der Waals surface area contributed by atoms with Gasteiger partial charge < -0.3 is 31.9 Å². The van der Waals surface area contributed by atoms with E-state index in [1.807, 2.05) is 6.92 Å². The zero-order chi connectivity index (χ0) is 30.2. The Kier molecular flexibility index (Phi) is 6.61. The summed E-state index contributed by atoms with van der Waals surface area (Å²) in [5.74, 6) is -1.09. The molecule has 0 bridgehead atoms. The minimum atomic E-state index is -2.54. The molecule has 3 aliphatic carbocycles. The number of aromatic hydroxyl groups is 1. The number of nitrogen functional groups attached to an aromatic ring is 1. The molecule has 0 heterocycles. The highest BCUT2D eigenvalue weighted by atomic mass is 16.4. The lowest BCUT2D eigenvalue weighted by Gasteiger charge is -2.66. The number of primary amides is 1. The number of aliphatic hydroxyl groups is 3. The molecule has 0 radical (unpaired) electrons. The van der Waals surface area contributed by atoms with Crippen LogP contribution in [0.4, 0.5) is 5.69 Å². The van der Waals surface area contributed by atoms with E-state index in [1.54, 1.807) is 51.1 Å². The third-order valence-electron chi connectivity index (χ3n) is 9.92. The molecule has 0 aliphatic heterocycles. The molecule has 0 aromatic heterocycles. The molecule has 2 aromatic carbocycles. The number of anilines is 1. The number of phenols is 1. The quantitative estimate of drug-likeness (QED) is 0.182. The van der Waals surface area contributed by atoms with Crippen LogP contribution in [0.15, 0.2) is 36.4 Å². The highest BCUT2D eigenvalue weighted by Crippen LogP contribution is 2.65. The zero-order valence-corrected chi connectivity index (χ0v) is 23.5. The topological polar surface area (TPSA) is 184 Å². The van der Waals surface area contributed by atoms with E-state index in [1.165, 1.54) is 6.07 Å². The van der Waals surface area contributed by atoms with Crippen molar-refractivity contribution in [1.82, 2.24) is 0 Å². The maximum atomic E-state index is 14.1. The monoisotopic (exact) mass is 560 g/mol. The molecule has 9 nitrogen and oxygen atoms in total. The van der Waals surface area contributed by atoms with Crippen molar-refractivity contribution in [2.75, 3.05) is 5.73 Å². The van der Waals surface area contributed by atoms with Crippen molar-refractivity contribution in [1.29, 1.82) is 0 Å². The fourth-order valence-electron chi connectivity index (χ4n) is 8.36. The molecule has 0 saturated heterocycles. The molecule has 0 spiro atoms. The molecule has 2 aromatic rings. The van der Waals surface area contributed by atoms with Gasteiger partial charge in [0.15, 0.2) is 17.2 Å². The summed E-state index contributed by atoms with van der Waals surface area (Å²) >= 11 is 0. The molecule has 8 atom stereocenters. The number of rotatable bonds is 2. The number of aliphatic hydroxyl groups excluding tert-OH is 2. The number of phenolic OH excluding ortho intramolecular Hbond substituents is 1. The van der Waals surface area contributed by atoms with Crippen LogP contribution in [-0.4, -0.2) is 55.7 Å². The molecule has 2 unspecified atom stereocenters. The first kappa shape index (κ1) is 28.8. The second-order valence-corrected chi connectivity index (χ2v) is 12.8. The molecular formula is C32H36N2O7. The molecule has 5 rings (SSSR count). The number of carbonyl (C=O) groups excluding carboxylic acids is 3. The Balaban J connectivity index is 1.68. The van der Waals surface area contributed by atoms with Crippen LogP contribution >= 0.6 is 0 Å². The summed E-state index contributed by atoms with van der Waals surface area (Å²) in [4.78, 5) is 40.2. The van der Waals surface area contributed by atoms with Crippen molar-refractivity contribution in [3.8, 4) is 17.6 Å². The summed E-state index contributed by atoms with van der Waals surface area (Å²) in [6.45, 7) is 7.05. The van der Waals surface area contributed by atoms with Gasteiger partial charge in [0.2, 0.25) is 5.91 Å². The molecule has 8 N–H and O–H groups in total. The van der Waals surface area contributed by atoms with Gasteiger partial charge in [-0.2, -0.15) is 0 Å². The van der Waals surface area contributed by atoms with Gasteiger partial charge in [0.1, 0.15) is 17.8 Å². The molecule has 3 aliphatic rings. The predicted octanol–water partition coefficient (Wildman–Crippen LogP) is 1.55. The number of fused-ring (bicyclic) bond motifs is 3. The average Bonchev–Trinajstić information content (AvgIpc) is 2.86. The van der Waals surface area contributed by atoms with Crippen LogP contribution in [0.1, 0.15) is 61.2 Å². The number of ketones is 2. The maximum Gasteiger partial charge on any atom is 0.230 e. The Morgan fingerprint density at radius 1 is 1.05 bits per heavy atom. The average molecular weight is 561 g/mol. The first-order valence-corrected chi connectivity index (χ1v) is 13.8. The molecule has 9 heteroatoms. The predicted molar refractivity (Wildman–Crippen MR) is 150 cm³/mol. The lowest BCUT2D eigenvalue weighted by Crippen LogP contribution is -2.79. The second kappa shape index (κ2) is 9.41. The van der Waals surface area contributed by atoms with E-state index in [-0.39, 0.29) is 30.1 Å². The van der Waals surface area contributed by atoms with Gasteiger partial charge in [-0.3, -0.25) is 14.4 Å². The normalized spacial score (nSPS) is 36.0. The molecule has 2 saturated carbocycles. The molecule has 216 valence electrons. The third kappa shape index (κ3) is 3.92. The van der Waals surface area contributed by atoms with Gasteiger partial charge in [0.05, 0.1) is 17.6 Å². The number of hydrogen-bond donors (Lipinski definition) is 6. The van der Waals surface area contributed by atoms with Crippen molar-refractivity contribution in [3.05, 3.63) is 58.7 Å². The highest BCUT2D eigenvalue weighted by molar-refractivity contribution is 6.09. The van der Waals surface area contributed by atoms with Crippen LogP contribution in [0.3, 0.4) is 0 Å². The van der Waals surface area contributed by atoms with Crippen molar-refractivity contribution < 1.29 is 34.8 Å². The van der Waals surface area contributed by atoms with E-state index < -0.39 is 63.9 Å². The Bertz CT molecular complexity index is 1520. The van der Waals surface area contributed by atoms with Gasteiger partial charge in [-0.05, 0) is 72.1 Å². The van der Waals surface area contributed by atoms with E-state index in [4.69, 9.17) is 11.5 Å². The third-order valence-corrected chi connectivity index (χ3v) is 9.92. The largest absolute Gasteiger partial charge is 0.507 e. The van der Waals surface area contributed by atoms with Crippen LogP contribution in [0.2, 0.25) is 0 Å². The minimum absolute atomic E-state index is 0.0158. The summed E-state index contributed by atoms with van der Waals surface area (Å²) < 4.78 is 0. The smallest absolute Gasteiger partial charge is 0.230 e. The molecule has 41 heavy (non-hydrogen) atoms. The van der Waals surface area contributed by atoms with Crippen molar-refractivity contribution >= 4 is 23.2 Å². The van der Waals surface area contributed by atoms with Crippen molar-refractivity contribution in [2.24, 2.45) is 40.2 Å². The molecule has 1 amide bonds. The zero-order valence-electron chi connectivity index (χ0n) is 23.5. The van der Waals surface area contributed by atoms with Gasteiger partial charge in [0, 0.05) is 22.2 Å². The summed E-state index contributed by atoms with van der Waals surface area (Å²) in [5, 5.41) is 46.1. The highest BCUT2D eigenvalue weighted by Gasteiger charge is 2.75. The number of amides is 1. The summed E-state index contributed by atoms with van der Waals surface area (Å²) in [7, 11) is 0. The van der Waals surface area contributed by atoms with Crippen LogP contribution in [0, 0.1) is 46.3 Å². The Hall–Kier alpha value is -3.71. The summed E-state index contributed by atoms with van der Waals surface area (Å²) in [6.07, 6.45) is -3.12. The van der Waals surface area contributed by atoms with Crippen LogP contribution in [0.5, 0.6) is 5.75 Å². The fraction of sp³-hybridized carbons (Fsp3) is 0.469. The maximum absolute atomic E-state index is 14.1. The summed E-state index contributed by atoms with van der Waals surface area (Å²) in [6, 6.07) is 9.99. The SMILES string of the molecule is CC(C)[C@H]1C(O)[C@@H](C(N)=O)C(=O)[C@]2(O)C(O)[C@H]3C(=O)c4c(O)ccc(C#Cc5ccc(N)cc5)c4C[C@]3(C)C[C@]12C. The van der Waals surface area contributed by atoms with Crippen molar-refractivity contribution in [3.63, 3.8) is 0 Å². The number of Topliss-reactive ketones (excluding diaryl/α,β-unsaturated/α-hetero) is 2. The van der Waals surface area contributed by atoms with Gasteiger partial charge in [0.25, 0.3) is 0 Å². The Morgan fingerprint density at radius 3 is 2.27 bits per heavy atom. The lowest BCUT2D eigenvalue weighted by molar-refractivity contribution is -0.265. The fourth-order valence-corrected chi connectivity index (χ4v) is 8.36. The van der Waals surface area contributed by atoms with E-state index in [9.17, 15) is 34.8 Å². The van der Waals surface area contributed by atoms with E-state index in [0.717, 1.165) is 0 Å². The van der Waals surface area contributed by atoms with Crippen LogP contribution < -0.4 is 11.5 Å². The van der Waals surface area contributed by atoms with Crippen LogP contribution in [-0.2, 0) is 16.0 Å². The Labute approximate surface area is 238 Å². The van der Waals surface area contributed by atoms with Crippen molar-refractivity contribution in [2.45, 2.75) is 58.3 Å². The summed E-state index contributed by atoms with van der Waals surface area (Å²) in [5.41, 5.74) is 8.64. The van der Waals surface area contributed by atoms with E-state index in [0.29, 0.717) is 22.4 Å². The van der Waals surface area contributed by atoms with Gasteiger partial charge in [-0.15, -0.1) is 0 Å². The number of carbonyl (C=O) groups is 3. The molecule has 2 fully saturated rings. The van der Waals surface area contributed by atoms with Gasteiger partial charge in [-0.1, -0.05) is 39.5 Å². The standard InChI is InChI=1S/C32H36N2O7/c1-15(2)23-26(37)22(29(34)40)27(38)32(41)28(39)24-25(36)21-19(13-30(24,3)14-31(23,32)4)17(9-12-20(21)35)8-5-16-6-10-18(33)11-7-16/h6-7,9-12,15,22-24,26,28,35,37,39,41H,13-14,33H2,1-4H3,(H2,34,40)/t22-,23+,24-,26?,28?,30-,31-,32+/m1/s1. The van der Waals surface area contributed by atoms with Gasteiger partial charge in [-0.25, -0.2) is 0 Å². The minimum Gasteiger partial charge on any atom is -0.507 e. The van der Waals surface area contributed by atoms with E-state index in [2.05, 4.69) is 11.8 Å². The lowest BCUT2D eigenvalue weighted by atomic mass is 9.39. The Morgan fingerprint density at radius 2 is 1.68 bits per heavy atom.